The van der Waals surface area contributed by atoms with Gasteiger partial charge < -0.3 is 16.0 Å². The first-order chi connectivity index (χ1) is 19.9. The molecular formula is C30H33ClN6O3S. The van der Waals surface area contributed by atoms with E-state index in [4.69, 9.17) is 16.6 Å². The fourth-order valence-corrected chi connectivity index (χ4v) is 7.48. The minimum Gasteiger partial charge on any atom is -0.353 e. The van der Waals surface area contributed by atoms with Crippen molar-refractivity contribution in [2.45, 2.75) is 55.5 Å². The van der Waals surface area contributed by atoms with Crippen LogP contribution in [0.15, 0.2) is 71.9 Å². The van der Waals surface area contributed by atoms with Crippen LogP contribution >= 0.6 is 11.6 Å². The first-order valence-corrected chi connectivity index (χ1v) is 15.9. The molecule has 41 heavy (non-hydrogen) atoms. The third-order valence-corrected chi connectivity index (χ3v) is 9.96. The maximum absolute atomic E-state index is 13.6. The normalized spacial score (nSPS) is 21.4. The molecule has 3 heterocycles. The number of benzene rings is 2. The Balaban J connectivity index is 1.25. The average molecular weight is 593 g/mol. The number of rotatable bonds is 7. The van der Waals surface area contributed by atoms with Crippen LogP contribution in [0.4, 0.5) is 5.95 Å². The predicted molar refractivity (Wildman–Crippen MR) is 160 cm³/mol. The summed E-state index contributed by atoms with van der Waals surface area (Å²) in [5.41, 5.74) is 1.59. The van der Waals surface area contributed by atoms with Crippen molar-refractivity contribution in [3.63, 3.8) is 0 Å². The van der Waals surface area contributed by atoms with Crippen LogP contribution in [0.5, 0.6) is 0 Å². The maximum Gasteiger partial charge on any atom is 0.268 e. The highest BCUT2D eigenvalue weighted by Gasteiger charge is 2.28. The molecule has 1 saturated heterocycles. The summed E-state index contributed by atoms with van der Waals surface area (Å²) >= 11 is 6.60. The number of carbonyl (C=O) groups is 1. The van der Waals surface area contributed by atoms with Crippen molar-refractivity contribution >= 4 is 44.4 Å². The molecule has 2 fully saturated rings. The Kier molecular flexibility index (Phi) is 7.96. The van der Waals surface area contributed by atoms with E-state index in [1.165, 1.54) is 3.97 Å². The Morgan fingerprint density at radius 1 is 1.00 bits per heavy atom. The van der Waals surface area contributed by atoms with Gasteiger partial charge in [-0.15, -0.1) is 0 Å². The molecule has 6 rings (SSSR count). The van der Waals surface area contributed by atoms with Gasteiger partial charge in [0, 0.05) is 35.8 Å². The molecule has 1 aliphatic carbocycles. The van der Waals surface area contributed by atoms with Crippen LogP contribution in [0.1, 0.15) is 38.5 Å². The van der Waals surface area contributed by atoms with Crippen LogP contribution in [-0.4, -0.2) is 53.4 Å². The van der Waals surface area contributed by atoms with Gasteiger partial charge >= 0.3 is 0 Å². The molecule has 4 aromatic rings. The summed E-state index contributed by atoms with van der Waals surface area (Å²) in [6.45, 7) is 1.72. The van der Waals surface area contributed by atoms with E-state index in [9.17, 15) is 13.2 Å². The van der Waals surface area contributed by atoms with Gasteiger partial charge in [0.15, 0.2) is 0 Å². The molecule has 1 amide bonds. The Labute approximate surface area is 244 Å². The Morgan fingerprint density at radius 3 is 2.59 bits per heavy atom. The SMILES string of the molecule is O=C(NC1CCCC(Nc2ncc(Cl)c(-c3cn(S(=O)(=O)c4ccccc4)c4ccccc34)n2)C1)[C@@H]1CCCNC1. The van der Waals surface area contributed by atoms with Crippen LogP contribution in [0, 0.1) is 5.92 Å². The van der Waals surface area contributed by atoms with Crippen molar-refractivity contribution in [3.05, 3.63) is 72.0 Å². The summed E-state index contributed by atoms with van der Waals surface area (Å²) in [6, 6.07) is 15.8. The molecule has 1 saturated carbocycles. The number of aromatic nitrogens is 3. The molecule has 2 unspecified atom stereocenters. The van der Waals surface area contributed by atoms with Crippen molar-refractivity contribution in [1.29, 1.82) is 0 Å². The zero-order valence-corrected chi connectivity index (χ0v) is 24.2. The number of hydrogen-bond donors (Lipinski definition) is 3. The largest absolute Gasteiger partial charge is 0.353 e. The van der Waals surface area contributed by atoms with Crippen LogP contribution in [0.3, 0.4) is 0 Å². The highest BCUT2D eigenvalue weighted by atomic mass is 35.5. The molecule has 2 aromatic carbocycles. The molecule has 214 valence electrons. The molecule has 2 aromatic heterocycles. The molecule has 0 radical (unpaired) electrons. The summed E-state index contributed by atoms with van der Waals surface area (Å²) in [5, 5.41) is 11.1. The van der Waals surface area contributed by atoms with E-state index in [0.29, 0.717) is 27.7 Å². The molecular weight excluding hydrogens is 560 g/mol. The minimum atomic E-state index is -3.85. The molecule has 3 N–H and O–H groups in total. The monoisotopic (exact) mass is 592 g/mol. The van der Waals surface area contributed by atoms with Gasteiger partial charge in [-0.1, -0.05) is 48.0 Å². The number of nitrogens with one attached hydrogen (secondary N) is 3. The lowest BCUT2D eigenvalue weighted by atomic mass is 9.90. The third-order valence-electron chi connectivity index (χ3n) is 8.00. The van der Waals surface area contributed by atoms with Gasteiger partial charge in [0.25, 0.3) is 10.0 Å². The summed E-state index contributed by atoms with van der Waals surface area (Å²) < 4.78 is 28.4. The Bertz CT molecular complexity index is 1650. The van der Waals surface area contributed by atoms with E-state index in [0.717, 1.165) is 57.0 Å². The van der Waals surface area contributed by atoms with Gasteiger partial charge in [-0.3, -0.25) is 4.79 Å². The lowest BCUT2D eigenvalue weighted by Crippen LogP contribution is -2.47. The van der Waals surface area contributed by atoms with E-state index in [1.807, 2.05) is 12.1 Å². The summed E-state index contributed by atoms with van der Waals surface area (Å²) in [7, 11) is -3.85. The zero-order valence-electron chi connectivity index (χ0n) is 22.6. The van der Waals surface area contributed by atoms with Gasteiger partial charge in [0.2, 0.25) is 11.9 Å². The van der Waals surface area contributed by atoms with Crippen molar-refractivity contribution < 1.29 is 13.2 Å². The molecule has 9 nitrogen and oxygen atoms in total. The summed E-state index contributed by atoms with van der Waals surface area (Å²) in [6.07, 6.45) is 8.73. The smallest absolute Gasteiger partial charge is 0.268 e. The van der Waals surface area contributed by atoms with E-state index in [2.05, 4.69) is 20.9 Å². The van der Waals surface area contributed by atoms with Crippen molar-refractivity contribution in [2.75, 3.05) is 18.4 Å². The van der Waals surface area contributed by atoms with Crippen LogP contribution < -0.4 is 16.0 Å². The van der Waals surface area contributed by atoms with E-state index in [1.54, 1.807) is 54.9 Å². The Hall–Kier alpha value is -3.47. The molecule has 0 bridgehead atoms. The van der Waals surface area contributed by atoms with Gasteiger partial charge in [0.1, 0.15) is 0 Å². The quantitative estimate of drug-likeness (QED) is 0.281. The standard InChI is InChI=1S/C30H33ClN6O3S/c31-26-18-33-30(35-22-10-6-9-21(16-22)34-29(38)20-8-7-15-32-17-20)36-28(26)25-19-37(27-14-5-4-13-24(25)27)41(39,40)23-11-2-1-3-12-23/h1-5,11-14,18-22,32H,6-10,15-17H2,(H,34,38)(H,33,35,36)/t20-,21?,22?/m1/s1. The minimum absolute atomic E-state index is 0.0343. The van der Waals surface area contributed by atoms with Crippen molar-refractivity contribution in [1.82, 2.24) is 24.6 Å². The van der Waals surface area contributed by atoms with E-state index in [-0.39, 0.29) is 28.8 Å². The molecule has 3 atom stereocenters. The Morgan fingerprint density at radius 2 is 1.78 bits per heavy atom. The predicted octanol–water partition coefficient (Wildman–Crippen LogP) is 4.83. The average Bonchev–Trinajstić information content (AvgIpc) is 3.40. The third kappa shape index (κ3) is 5.82. The van der Waals surface area contributed by atoms with Crippen LogP contribution in [0.25, 0.3) is 22.2 Å². The number of nitrogens with zero attached hydrogens (tertiary/aromatic N) is 3. The van der Waals surface area contributed by atoms with Gasteiger partial charge in [-0.05, 0) is 63.3 Å². The van der Waals surface area contributed by atoms with Gasteiger partial charge in [0.05, 0.1) is 33.2 Å². The van der Waals surface area contributed by atoms with E-state index < -0.39 is 10.0 Å². The number of carbonyl (C=O) groups excluding carboxylic acids is 1. The number of amides is 1. The lowest BCUT2D eigenvalue weighted by molar-refractivity contribution is -0.126. The highest BCUT2D eigenvalue weighted by Crippen LogP contribution is 2.36. The highest BCUT2D eigenvalue weighted by molar-refractivity contribution is 7.90. The summed E-state index contributed by atoms with van der Waals surface area (Å²) in [5.74, 6) is 0.586. The summed E-state index contributed by atoms with van der Waals surface area (Å²) in [4.78, 5) is 22.2. The number of para-hydroxylation sites is 1. The first-order valence-electron chi connectivity index (χ1n) is 14.1. The van der Waals surface area contributed by atoms with Crippen molar-refractivity contribution in [2.24, 2.45) is 5.92 Å². The molecule has 1 aliphatic heterocycles. The number of halogens is 1. The molecule has 11 heteroatoms. The second-order valence-electron chi connectivity index (χ2n) is 10.8. The lowest BCUT2D eigenvalue weighted by Gasteiger charge is -2.32. The van der Waals surface area contributed by atoms with E-state index >= 15 is 0 Å². The molecule has 0 spiro atoms. The number of anilines is 1. The fourth-order valence-electron chi connectivity index (χ4n) is 5.90. The second kappa shape index (κ2) is 11.8. The van der Waals surface area contributed by atoms with Gasteiger partial charge in [-0.2, -0.15) is 0 Å². The van der Waals surface area contributed by atoms with Crippen LogP contribution in [-0.2, 0) is 14.8 Å². The molecule has 2 aliphatic rings. The van der Waals surface area contributed by atoms with Crippen molar-refractivity contribution in [3.8, 4) is 11.3 Å². The number of piperidine rings is 1. The van der Waals surface area contributed by atoms with Crippen LogP contribution in [0.2, 0.25) is 5.02 Å². The number of hydrogen-bond acceptors (Lipinski definition) is 7. The van der Waals surface area contributed by atoms with Gasteiger partial charge in [-0.25, -0.2) is 22.4 Å². The topological polar surface area (TPSA) is 118 Å². The zero-order chi connectivity index (χ0) is 28.4. The number of fused-ring (bicyclic) bond motifs is 1. The maximum atomic E-state index is 13.6. The first kappa shape index (κ1) is 27.7. The second-order valence-corrected chi connectivity index (χ2v) is 13.0. The fraction of sp³-hybridized carbons (Fsp3) is 0.367.